The van der Waals surface area contributed by atoms with Crippen LogP contribution in [0.15, 0.2) is 42.2 Å². The van der Waals surface area contributed by atoms with E-state index in [-0.39, 0.29) is 5.91 Å². The van der Waals surface area contributed by atoms with Crippen LogP contribution in [-0.4, -0.2) is 27.9 Å². The van der Waals surface area contributed by atoms with Gasteiger partial charge in [0.15, 0.2) is 5.11 Å². The zero-order valence-electron chi connectivity index (χ0n) is 12.1. The third-order valence-corrected chi connectivity index (χ3v) is 3.64. The lowest BCUT2D eigenvalue weighted by Crippen LogP contribution is -2.30. The highest BCUT2D eigenvalue weighted by molar-refractivity contribution is 7.80. The molecule has 7 heteroatoms. The molecule has 0 spiro atoms. The number of nitrogens with zero attached hydrogens (tertiary/aromatic N) is 3. The second-order valence-electron chi connectivity index (χ2n) is 4.68. The number of hydrogen-bond acceptors (Lipinski definition) is 4. The molecule has 1 fully saturated rings. The van der Waals surface area contributed by atoms with Gasteiger partial charge in [-0.1, -0.05) is 12.1 Å². The first-order valence-corrected chi connectivity index (χ1v) is 7.01. The summed E-state index contributed by atoms with van der Waals surface area (Å²) in [5.41, 5.74) is 1.82. The molecule has 6 nitrogen and oxygen atoms in total. The molecule has 3 rings (SSSR count). The quantitative estimate of drug-likeness (QED) is 0.690. The first kappa shape index (κ1) is 14.3. The molecular formula is C15H14N4O2S. The van der Waals surface area contributed by atoms with Gasteiger partial charge in [0.2, 0.25) is 0 Å². The molecule has 0 bridgehead atoms. The van der Waals surface area contributed by atoms with Crippen molar-refractivity contribution in [1.82, 2.24) is 15.1 Å². The summed E-state index contributed by atoms with van der Waals surface area (Å²) in [6.45, 7) is 0. The fraction of sp³-hybridized carbons (Fsp3) is 0.133. The predicted octanol–water partition coefficient (Wildman–Crippen LogP) is 1.69. The maximum atomic E-state index is 12.6. The van der Waals surface area contributed by atoms with Crippen molar-refractivity contribution in [3.8, 4) is 5.75 Å². The van der Waals surface area contributed by atoms with Gasteiger partial charge >= 0.3 is 0 Å². The summed E-state index contributed by atoms with van der Waals surface area (Å²) in [5.74, 6) is 0.359. The van der Waals surface area contributed by atoms with Gasteiger partial charge in [0.05, 0.1) is 18.5 Å². The fourth-order valence-electron chi connectivity index (χ4n) is 2.24. The molecule has 1 aromatic heterocycles. The lowest BCUT2D eigenvalue weighted by molar-refractivity contribution is -0.113. The zero-order chi connectivity index (χ0) is 15.7. The molecule has 112 valence electrons. The molecule has 1 amide bonds. The molecule has 1 saturated heterocycles. The van der Waals surface area contributed by atoms with E-state index < -0.39 is 0 Å². The smallest absolute Gasteiger partial charge is 0.281 e. The number of aromatic nitrogens is 2. The van der Waals surface area contributed by atoms with Crippen molar-refractivity contribution in [2.45, 2.75) is 0 Å². The molecule has 1 aromatic carbocycles. The Kier molecular flexibility index (Phi) is 3.64. The van der Waals surface area contributed by atoms with E-state index in [1.165, 1.54) is 4.90 Å². The second kappa shape index (κ2) is 5.61. The van der Waals surface area contributed by atoms with Crippen molar-refractivity contribution >= 4 is 35.0 Å². The van der Waals surface area contributed by atoms with Crippen molar-refractivity contribution in [1.29, 1.82) is 0 Å². The summed E-state index contributed by atoms with van der Waals surface area (Å²) in [4.78, 5) is 14.1. The van der Waals surface area contributed by atoms with Crippen LogP contribution in [0.2, 0.25) is 0 Å². The van der Waals surface area contributed by atoms with Gasteiger partial charge in [0, 0.05) is 13.2 Å². The number of carbonyl (C=O) groups is 1. The highest BCUT2D eigenvalue weighted by Crippen LogP contribution is 2.31. The number of nitrogens with one attached hydrogen (secondary N) is 1. The Morgan fingerprint density at radius 2 is 2.09 bits per heavy atom. The number of hydrogen-bond donors (Lipinski definition) is 1. The lowest BCUT2D eigenvalue weighted by atomic mass is 10.2. The summed E-state index contributed by atoms with van der Waals surface area (Å²) in [6.07, 6.45) is 3.39. The van der Waals surface area contributed by atoms with Crippen molar-refractivity contribution in [3.63, 3.8) is 0 Å². The van der Waals surface area contributed by atoms with Crippen molar-refractivity contribution in [2.24, 2.45) is 7.05 Å². The number of amides is 1. The molecule has 1 aliphatic rings. The van der Waals surface area contributed by atoms with Crippen LogP contribution in [-0.2, 0) is 11.8 Å². The average Bonchev–Trinajstić information content (AvgIpc) is 3.04. The Hall–Kier alpha value is -2.67. The predicted molar refractivity (Wildman–Crippen MR) is 87.4 cm³/mol. The van der Waals surface area contributed by atoms with Gasteiger partial charge in [0.25, 0.3) is 5.91 Å². The molecule has 0 saturated carbocycles. The minimum Gasteiger partial charge on any atom is -0.495 e. The first-order chi connectivity index (χ1) is 10.6. The van der Waals surface area contributed by atoms with Crippen LogP contribution in [0.25, 0.3) is 6.08 Å². The Balaban J connectivity index is 1.99. The summed E-state index contributed by atoms with van der Waals surface area (Å²) in [6, 6.07) is 9.06. The highest BCUT2D eigenvalue weighted by atomic mass is 32.1. The molecule has 2 aromatic rings. The van der Waals surface area contributed by atoms with Gasteiger partial charge < -0.3 is 10.1 Å². The maximum Gasteiger partial charge on any atom is 0.281 e. The normalized spacial score (nSPS) is 16.3. The van der Waals surface area contributed by atoms with Gasteiger partial charge in [-0.25, -0.2) is 4.90 Å². The lowest BCUT2D eigenvalue weighted by Gasteiger charge is -2.17. The molecule has 0 atom stereocenters. The third-order valence-electron chi connectivity index (χ3n) is 3.36. The number of ether oxygens (including phenoxy) is 1. The van der Waals surface area contributed by atoms with Crippen molar-refractivity contribution in [2.75, 3.05) is 12.0 Å². The van der Waals surface area contributed by atoms with E-state index in [4.69, 9.17) is 17.0 Å². The minimum absolute atomic E-state index is 0.226. The number of rotatable bonds is 3. The molecule has 0 unspecified atom stereocenters. The topological polar surface area (TPSA) is 59.4 Å². The van der Waals surface area contributed by atoms with Crippen LogP contribution >= 0.6 is 12.2 Å². The second-order valence-corrected chi connectivity index (χ2v) is 5.07. The van der Waals surface area contributed by atoms with Gasteiger partial charge in [-0.3, -0.25) is 9.48 Å². The number of para-hydroxylation sites is 2. The standard InChI is InChI=1S/C15H14N4O2S/c1-18-10(7-8-16-18)9-11-14(20)19(15(22)17-11)12-5-3-4-6-13(12)21-2/h3-9H,1-2H3,(H,17,22)/b11-9+. The average molecular weight is 314 g/mol. The Labute approximate surface area is 133 Å². The SMILES string of the molecule is COc1ccccc1N1C(=O)/C(=C\c2ccnn2C)NC1=S. The fourth-order valence-corrected chi connectivity index (χ4v) is 2.53. The number of thiocarbonyl (C=S) groups is 1. The van der Waals surface area contributed by atoms with Crippen molar-refractivity contribution in [3.05, 3.63) is 47.9 Å². The number of anilines is 1. The summed E-state index contributed by atoms with van der Waals surface area (Å²) in [5, 5.41) is 7.34. The van der Waals surface area contributed by atoms with Gasteiger partial charge in [-0.2, -0.15) is 5.10 Å². The zero-order valence-corrected chi connectivity index (χ0v) is 12.9. The van der Waals surface area contributed by atoms with E-state index in [0.29, 0.717) is 22.2 Å². The molecular weight excluding hydrogens is 300 g/mol. The monoisotopic (exact) mass is 314 g/mol. The van der Waals surface area contributed by atoms with E-state index >= 15 is 0 Å². The number of carbonyl (C=O) groups excluding carboxylic acids is 1. The molecule has 0 aliphatic carbocycles. The summed E-state index contributed by atoms with van der Waals surface area (Å²) in [7, 11) is 3.37. The van der Waals surface area contributed by atoms with Crippen LogP contribution in [0.4, 0.5) is 5.69 Å². The molecule has 2 heterocycles. The van der Waals surface area contributed by atoms with E-state index in [1.807, 2.05) is 25.2 Å². The van der Waals surface area contributed by atoms with Crippen molar-refractivity contribution < 1.29 is 9.53 Å². The first-order valence-electron chi connectivity index (χ1n) is 6.60. The van der Waals surface area contributed by atoms with Crippen LogP contribution in [0.3, 0.4) is 0 Å². The number of methoxy groups -OCH3 is 1. The largest absolute Gasteiger partial charge is 0.495 e. The molecule has 1 aliphatic heterocycles. The summed E-state index contributed by atoms with van der Waals surface area (Å²) < 4.78 is 6.98. The van der Waals surface area contributed by atoms with Crippen LogP contribution in [0.1, 0.15) is 5.69 Å². The maximum absolute atomic E-state index is 12.6. The van der Waals surface area contributed by atoms with Gasteiger partial charge in [0.1, 0.15) is 11.4 Å². The third kappa shape index (κ3) is 2.35. The minimum atomic E-state index is -0.226. The van der Waals surface area contributed by atoms with Gasteiger partial charge in [-0.15, -0.1) is 0 Å². The summed E-state index contributed by atoms with van der Waals surface area (Å²) >= 11 is 5.29. The van der Waals surface area contributed by atoms with Gasteiger partial charge in [-0.05, 0) is 36.5 Å². The Morgan fingerprint density at radius 3 is 2.77 bits per heavy atom. The van der Waals surface area contributed by atoms with Crippen LogP contribution in [0.5, 0.6) is 5.75 Å². The van der Waals surface area contributed by atoms with Crippen LogP contribution in [0, 0.1) is 0 Å². The molecule has 0 radical (unpaired) electrons. The highest BCUT2D eigenvalue weighted by Gasteiger charge is 2.33. The number of benzene rings is 1. The molecule has 22 heavy (non-hydrogen) atoms. The van der Waals surface area contributed by atoms with E-state index in [9.17, 15) is 4.79 Å². The van der Waals surface area contributed by atoms with E-state index in [1.54, 1.807) is 36.2 Å². The van der Waals surface area contributed by atoms with E-state index in [0.717, 1.165) is 5.69 Å². The number of aryl methyl sites for hydroxylation is 1. The van der Waals surface area contributed by atoms with Crippen LogP contribution < -0.4 is 15.0 Å². The Bertz CT molecular complexity index is 781. The van der Waals surface area contributed by atoms with E-state index in [2.05, 4.69) is 10.4 Å². The Morgan fingerprint density at radius 1 is 1.32 bits per heavy atom. The molecule has 1 N–H and O–H groups in total.